The molecular weight excluding hydrogens is 282 g/mol. The molecule has 0 saturated carbocycles. The summed E-state index contributed by atoms with van der Waals surface area (Å²) in [7, 11) is 1.64. The Bertz CT molecular complexity index is 595. The zero-order chi connectivity index (χ0) is 15.9. The molecule has 0 aromatic carbocycles. The Hall–Kier alpha value is -2.11. The van der Waals surface area contributed by atoms with E-state index in [1.54, 1.807) is 19.3 Å². The molecule has 0 unspecified atom stereocenters. The van der Waals surface area contributed by atoms with Crippen molar-refractivity contribution in [2.75, 3.05) is 19.6 Å². The van der Waals surface area contributed by atoms with Crippen molar-refractivity contribution in [2.24, 2.45) is 7.05 Å². The minimum Gasteiger partial charge on any atom is -0.352 e. The minimum absolute atomic E-state index is 0.206. The highest BCUT2D eigenvalue weighted by molar-refractivity contribution is 5.93. The molecule has 0 bridgehead atoms. The first-order valence-electron chi connectivity index (χ1n) is 7.80. The minimum atomic E-state index is -0.250. The molecule has 1 N–H and O–H groups in total. The maximum atomic E-state index is 11.9. The predicted molar refractivity (Wildman–Crippen MR) is 83.7 cm³/mol. The third kappa shape index (κ3) is 4.44. The van der Waals surface area contributed by atoms with Crippen molar-refractivity contribution in [1.82, 2.24) is 14.8 Å². The number of hydrogen-bond acceptors (Lipinski definition) is 3. The number of likely N-dealkylation sites (tertiary alicyclic amines) is 1. The van der Waals surface area contributed by atoms with Gasteiger partial charge in [-0.2, -0.15) is 0 Å². The van der Waals surface area contributed by atoms with Crippen LogP contribution in [0.1, 0.15) is 42.5 Å². The van der Waals surface area contributed by atoms with E-state index in [1.165, 1.54) is 10.6 Å². The molecule has 2 heterocycles. The van der Waals surface area contributed by atoms with Gasteiger partial charge in [0.15, 0.2) is 0 Å². The molecule has 120 valence electrons. The van der Waals surface area contributed by atoms with E-state index in [4.69, 9.17) is 0 Å². The van der Waals surface area contributed by atoms with E-state index in [0.717, 1.165) is 32.2 Å². The Morgan fingerprint density at radius 3 is 2.86 bits per heavy atom. The number of aryl methyl sites for hydroxylation is 1. The molecule has 2 rings (SSSR count). The summed E-state index contributed by atoms with van der Waals surface area (Å²) in [6, 6.07) is 2.95. The van der Waals surface area contributed by atoms with Crippen molar-refractivity contribution in [3.63, 3.8) is 0 Å². The molecule has 1 saturated heterocycles. The van der Waals surface area contributed by atoms with Gasteiger partial charge in [-0.25, -0.2) is 0 Å². The summed E-state index contributed by atoms with van der Waals surface area (Å²) in [5.74, 6) is -0.0322. The number of rotatable bonds is 5. The fourth-order valence-corrected chi connectivity index (χ4v) is 2.54. The first kappa shape index (κ1) is 16.3. The van der Waals surface area contributed by atoms with Gasteiger partial charge in [-0.3, -0.25) is 14.4 Å². The molecule has 1 aliphatic heterocycles. The molecule has 6 nitrogen and oxygen atoms in total. The second kappa shape index (κ2) is 7.77. The predicted octanol–water partition coefficient (Wildman–Crippen LogP) is 0.908. The molecule has 0 radical (unpaired) electrons. The highest BCUT2D eigenvalue weighted by atomic mass is 16.2. The lowest BCUT2D eigenvalue weighted by atomic mass is 10.2. The standard InChI is InChI=1S/C16H23N3O3/c1-18-11-7-13(12-15(18)21)16(22)17-8-5-10-19-9-4-2-3-6-14(19)20/h7,11-12H,2-6,8-10H2,1H3,(H,17,22). The fourth-order valence-electron chi connectivity index (χ4n) is 2.54. The second-order valence-corrected chi connectivity index (χ2v) is 5.67. The van der Waals surface area contributed by atoms with Crippen molar-refractivity contribution >= 4 is 11.8 Å². The Labute approximate surface area is 130 Å². The van der Waals surface area contributed by atoms with Gasteiger partial charge in [0.1, 0.15) is 0 Å². The average molecular weight is 305 g/mol. The van der Waals surface area contributed by atoms with Crippen LogP contribution in [0.4, 0.5) is 0 Å². The van der Waals surface area contributed by atoms with Crippen molar-refractivity contribution in [1.29, 1.82) is 0 Å². The van der Waals surface area contributed by atoms with Gasteiger partial charge in [-0.05, 0) is 25.3 Å². The van der Waals surface area contributed by atoms with Crippen LogP contribution >= 0.6 is 0 Å². The van der Waals surface area contributed by atoms with Crippen LogP contribution < -0.4 is 10.9 Å². The lowest BCUT2D eigenvalue weighted by molar-refractivity contribution is -0.130. The Kier molecular flexibility index (Phi) is 5.75. The van der Waals surface area contributed by atoms with Crippen molar-refractivity contribution in [2.45, 2.75) is 32.1 Å². The second-order valence-electron chi connectivity index (χ2n) is 5.67. The van der Waals surface area contributed by atoms with E-state index >= 15 is 0 Å². The number of hydrogen-bond donors (Lipinski definition) is 1. The van der Waals surface area contributed by atoms with Crippen LogP contribution in [0, 0.1) is 0 Å². The monoisotopic (exact) mass is 305 g/mol. The largest absolute Gasteiger partial charge is 0.352 e. The first-order valence-corrected chi connectivity index (χ1v) is 7.80. The molecule has 1 aromatic heterocycles. The van der Waals surface area contributed by atoms with Gasteiger partial charge in [0.25, 0.3) is 11.5 Å². The van der Waals surface area contributed by atoms with Crippen LogP contribution in [0.15, 0.2) is 23.1 Å². The number of aromatic nitrogens is 1. The quantitative estimate of drug-likeness (QED) is 0.822. The summed E-state index contributed by atoms with van der Waals surface area (Å²) >= 11 is 0. The van der Waals surface area contributed by atoms with E-state index in [0.29, 0.717) is 25.1 Å². The van der Waals surface area contributed by atoms with E-state index < -0.39 is 0 Å². The van der Waals surface area contributed by atoms with Gasteiger partial charge < -0.3 is 14.8 Å². The highest BCUT2D eigenvalue weighted by Crippen LogP contribution is 2.11. The number of nitrogens with zero attached hydrogens (tertiary/aromatic N) is 2. The molecule has 22 heavy (non-hydrogen) atoms. The number of amides is 2. The average Bonchev–Trinajstić information content (AvgIpc) is 2.71. The third-order valence-corrected chi connectivity index (χ3v) is 3.93. The molecule has 0 atom stereocenters. The summed E-state index contributed by atoms with van der Waals surface area (Å²) in [6.07, 6.45) is 6.09. The molecule has 1 aromatic rings. The first-order chi connectivity index (χ1) is 10.6. The number of nitrogens with one attached hydrogen (secondary N) is 1. The zero-order valence-electron chi connectivity index (χ0n) is 13.0. The molecular formula is C16H23N3O3. The van der Waals surface area contributed by atoms with Crippen molar-refractivity contribution < 1.29 is 9.59 Å². The van der Waals surface area contributed by atoms with Crippen LogP contribution in [0.3, 0.4) is 0 Å². The summed E-state index contributed by atoms with van der Waals surface area (Å²) in [6.45, 7) is 2.00. The lowest BCUT2D eigenvalue weighted by Crippen LogP contribution is -2.34. The normalized spacial score (nSPS) is 15.5. The van der Waals surface area contributed by atoms with Crippen LogP contribution in [-0.4, -0.2) is 40.9 Å². The molecule has 6 heteroatoms. The van der Waals surface area contributed by atoms with Gasteiger partial charge in [0, 0.05) is 50.9 Å². The van der Waals surface area contributed by atoms with Gasteiger partial charge in [-0.15, -0.1) is 0 Å². The van der Waals surface area contributed by atoms with Gasteiger partial charge in [0.2, 0.25) is 5.91 Å². The van der Waals surface area contributed by atoms with E-state index in [2.05, 4.69) is 5.32 Å². The summed E-state index contributed by atoms with van der Waals surface area (Å²) in [5, 5.41) is 2.79. The van der Waals surface area contributed by atoms with Crippen molar-refractivity contribution in [3.8, 4) is 0 Å². The highest BCUT2D eigenvalue weighted by Gasteiger charge is 2.15. The topological polar surface area (TPSA) is 71.4 Å². The Balaban J connectivity index is 1.76. The Morgan fingerprint density at radius 1 is 1.27 bits per heavy atom. The summed E-state index contributed by atoms with van der Waals surface area (Å²) in [4.78, 5) is 37.1. The van der Waals surface area contributed by atoms with Gasteiger partial charge in [0.05, 0.1) is 0 Å². The maximum Gasteiger partial charge on any atom is 0.251 e. The van der Waals surface area contributed by atoms with Gasteiger partial charge in [-0.1, -0.05) is 6.42 Å². The number of pyridine rings is 1. The van der Waals surface area contributed by atoms with Crippen LogP contribution in [0.25, 0.3) is 0 Å². The molecule has 0 aliphatic carbocycles. The smallest absolute Gasteiger partial charge is 0.251 e. The summed E-state index contributed by atoms with van der Waals surface area (Å²) in [5.41, 5.74) is 0.164. The maximum absolute atomic E-state index is 11.9. The van der Waals surface area contributed by atoms with E-state index in [9.17, 15) is 14.4 Å². The summed E-state index contributed by atoms with van der Waals surface area (Å²) < 4.78 is 1.42. The third-order valence-electron chi connectivity index (χ3n) is 3.93. The van der Waals surface area contributed by atoms with Crippen LogP contribution in [0.5, 0.6) is 0 Å². The van der Waals surface area contributed by atoms with Crippen molar-refractivity contribution in [3.05, 3.63) is 34.2 Å². The van der Waals surface area contributed by atoms with Gasteiger partial charge >= 0.3 is 0 Å². The molecule has 2 amide bonds. The SMILES string of the molecule is Cn1ccc(C(=O)NCCCN2CCCCCC2=O)cc1=O. The molecule has 1 aliphatic rings. The van der Waals surface area contributed by atoms with Crippen LogP contribution in [-0.2, 0) is 11.8 Å². The molecule has 0 spiro atoms. The lowest BCUT2D eigenvalue weighted by Gasteiger charge is -2.20. The van der Waals surface area contributed by atoms with E-state index in [1.807, 2.05) is 4.90 Å². The fraction of sp³-hybridized carbons (Fsp3) is 0.562. The molecule has 1 fully saturated rings. The zero-order valence-corrected chi connectivity index (χ0v) is 13.0. The van der Waals surface area contributed by atoms with E-state index in [-0.39, 0.29) is 17.4 Å². The number of carbonyl (C=O) groups excluding carboxylic acids is 2. The number of carbonyl (C=O) groups is 2. The van der Waals surface area contributed by atoms with Crippen LogP contribution in [0.2, 0.25) is 0 Å². The Morgan fingerprint density at radius 2 is 2.09 bits per heavy atom.